The number of amides is 1. The van der Waals surface area contributed by atoms with Crippen LogP contribution in [0, 0.1) is 5.41 Å². The van der Waals surface area contributed by atoms with Gasteiger partial charge >= 0.3 is 0 Å². The number of nitrogens with one attached hydrogen (secondary N) is 1. The van der Waals surface area contributed by atoms with E-state index in [0.29, 0.717) is 11.5 Å². The summed E-state index contributed by atoms with van der Waals surface area (Å²) in [6.07, 6.45) is 4.47. The van der Waals surface area contributed by atoms with Gasteiger partial charge in [0.2, 0.25) is 5.91 Å². The molecule has 0 radical (unpaired) electrons. The average molecular weight is 333 g/mol. The highest BCUT2D eigenvalue weighted by atomic mass is 79.9. The molecule has 2 rings (SSSR count). The molecule has 2 fully saturated rings. The smallest absolute Gasteiger partial charge is 0.217 e. The molecule has 2 heterocycles. The van der Waals surface area contributed by atoms with Crippen molar-refractivity contribution >= 4 is 21.8 Å². The Kier molecular flexibility index (Phi) is 5.66. The number of ether oxygens (including phenoxy) is 1. The molecule has 110 valence electrons. The van der Waals surface area contributed by atoms with Gasteiger partial charge in [-0.05, 0) is 31.1 Å². The SMILES string of the molecule is CC(=O)NC1CCN(CC2(CBr)CCOCC2)CC1. The molecule has 0 bridgehead atoms. The Bertz CT molecular complexity index is 298. The summed E-state index contributed by atoms with van der Waals surface area (Å²) in [6.45, 7) is 6.76. The van der Waals surface area contributed by atoms with Gasteiger partial charge < -0.3 is 15.0 Å². The minimum atomic E-state index is 0.0970. The van der Waals surface area contributed by atoms with Crippen LogP contribution in [-0.4, -0.2) is 55.0 Å². The number of hydrogen-bond acceptors (Lipinski definition) is 3. The van der Waals surface area contributed by atoms with E-state index in [-0.39, 0.29) is 5.91 Å². The Labute approximate surface area is 124 Å². The van der Waals surface area contributed by atoms with Crippen molar-refractivity contribution in [3.05, 3.63) is 0 Å². The van der Waals surface area contributed by atoms with Crippen molar-refractivity contribution in [3.63, 3.8) is 0 Å². The minimum Gasteiger partial charge on any atom is -0.381 e. The lowest BCUT2D eigenvalue weighted by atomic mass is 9.81. The zero-order chi connectivity index (χ0) is 13.7. The number of rotatable bonds is 4. The molecule has 5 heteroatoms. The van der Waals surface area contributed by atoms with Gasteiger partial charge in [0.15, 0.2) is 0 Å². The van der Waals surface area contributed by atoms with Crippen LogP contribution in [0.3, 0.4) is 0 Å². The van der Waals surface area contributed by atoms with Crippen molar-refractivity contribution in [1.82, 2.24) is 10.2 Å². The van der Waals surface area contributed by atoms with Gasteiger partial charge in [-0.2, -0.15) is 0 Å². The summed E-state index contributed by atoms with van der Waals surface area (Å²) < 4.78 is 5.49. The predicted molar refractivity (Wildman–Crippen MR) is 79.6 cm³/mol. The molecule has 2 aliphatic heterocycles. The summed E-state index contributed by atoms with van der Waals surface area (Å²) in [5.41, 5.74) is 0.388. The fraction of sp³-hybridized carbons (Fsp3) is 0.929. The fourth-order valence-electron chi connectivity index (χ4n) is 3.14. The van der Waals surface area contributed by atoms with Crippen molar-refractivity contribution < 1.29 is 9.53 Å². The largest absolute Gasteiger partial charge is 0.381 e. The fourth-order valence-corrected chi connectivity index (χ4v) is 3.87. The van der Waals surface area contributed by atoms with Gasteiger partial charge in [0.25, 0.3) is 0 Å². The quantitative estimate of drug-likeness (QED) is 0.798. The van der Waals surface area contributed by atoms with Gasteiger partial charge in [-0.25, -0.2) is 0 Å². The summed E-state index contributed by atoms with van der Waals surface area (Å²) in [5.74, 6) is 0.0970. The molecule has 4 nitrogen and oxygen atoms in total. The molecule has 0 aromatic rings. The Morgan fingerprint density at radius 2 is 2.00 bits per heavy atom. The van der Waals surface area contributed by atoms with Gasteiger partial charge in [0.05, 0.1) is 0 Å². The molecule has 19 heavy (non-hydrogen) atoms. The number of nitrogens with zero attached hydrogens (tertiary/aromatic N) is 1. The first-order chi connectivity index (χ1) is 9.13. The molecule has 2 saturated heterocycles. The summed E-state index contributed by atoms with van der Waals surface area (Å²) in [4.78, 5) is 13.6. The third-order valence-electron chi connectivity index (χ3n) is 4.39. The van der Waals surface area contributed by atoms with E-state index in [9.17, 15) is 4.79 Å². The third kappa shape index (κ3) is 4.43. The molecule has 0 saturated carbocycles. The van der Waals surface area contributed by atoms with E-state index >= 15 is 0 Å². The van der Waals surface area contributed by atoms with Crippen molar-refractivity contribution in [1.29, 1.82) is 0 Å². The lowest BCUT2D eigenvalue weighted by Crippen LogP contribution is -2.49. The second kappa shape index (κ2) is 7.04. The summed E-state index contributed by atoms with van der Waals surface area (Å²) in [5, 5.41) is 4.10. The zero-order valence-corrected chi connectivity index (χ0v) is 13.4. The number of alkyl halides is 1. The summed E-state index contributed by atoms with van der Waals surface area (Å²) in [6, 6.07) is 0.378. The van der Waals surface area contributed by atoms with E-state index in [1.54, 1.807) is 6.92 Å². The van der Waals surface area contributed by atoms with E-state index in [1.165, 1.54) is 0 Å². The van der Waals surface area contributed by atoms with Gasteiger partial charge in [-0.1, -0.05) is 15.9 Å². The highest BCUT2D eigenvalue weighted by molar-refractivity contribution is 9.09. The Hall–Kier alpha value is -0.130. The third-order valence-corrected chi connectivity index (χ3v) is 5.58. The first-order valence-corrected chi connectivity index (χ1v) is 8.39. The van der Waals surface area contributed by atoms with Crippen molar-refractivity contribution in [3.8, 4) is 0 Å². The van der Waals surface area contributed by atoms with E-state index in [1.807, 2.05) is 0 Å². The zero-order valence-electron chi connectivity index (χ0n) is 11.8. The number of halogens is 1. The molecule has 0 spiro atoms. The highest BCUT2D eigenvalue weighted by Gasteiger charge is 2.34. The monoisotopic (exact) mass is 332 g/mol. The maximum atomic E-state index is 11.1. The molecular weight excluding hydrogens is 308 g/mol. The number of likely N-dealkylation sites (tertiary alicyclic amines) is 1. The molecular formula is C14H25BrN2O2. The predicted octanol–water partition coefficient (Wildman–Crippen LogP) is 1.78. The second-order valence-corrected chi connectivity index (χ2v) is 6.56. The van der Waals surface area contributed by atoms with Crippen LogP contribution in [0.1, 0.15) is 32.6 Å². The van der Waals surface area contributed by atoms with Crippen LogP contribution in [0.5, 0.6) is 0 Å². The van der Waals surface area contributed by atoms with Crippen molar-refractivity contribution in [2.45, 2.75) is 38.6 Å². The maximum absolute atomic E-state index is 11.1. The molecule has 1 amide bonds. The molecule has 0 aliphatic carbocycles. The first-order valence-electron chi connectivity index (χ1n) is 7.27. The van der Waals surface area contributed by atoms with Crippen molar-refractivity contribution in [2.24, 2.45) is 5.41 Å². The van der Waals surface area contributed by atoms with Gasteiger partial charge in [-0.3, -0.25) is 4.79 Å². The van der Waals surface area contributed by atoms with Crippen LogP contribution in [0.25, 0.3) is 0 Å². The van der Waals surface area contributed by atoms with Crippen LogP contribution in [0.15, 0.2) is 0 Å². The Balaban J connectivity index is 1.79. The number of hydrogen-bond donors (Lipinski definition) is 1. The van der Waals surface area contributed by atoms with Crippen LogP contribution in [0.4, 0.5) is 0 Å². The summed E-state index contributed by atoms with van der Waals surface area (Å²) >= 11 is 3.70. The van der Waals surface area contributed by atoms with Crippen LogP contribution < -0.4 is 5.32 Å². The first kappa shape index (κ1) is 15.3. The van der Waals surface area contributed by atoms with E-state index in [0.717, 1.165) is 63.9 Å². The van der Waals surface area contributed by atoms with Crippen LogP contribution in [-0.2, 0) is 9.53 Å². The minimum absolute atomic E-state index is 0.0970. The molecule has 0 unspecified atom stereocenters. The van der Waals surface area contributed by atoms with E-state index in [4.69, 9.17) is 4.74 Å². The van der Waals surface area contributed by atoms with E-state index in [2.05, 4.69) is 26.1 Å². The standard InChI is InChI=1S/C14H25BrN2O2/c1-12(18)16-13-2-6-17(7-3-13)11-14(10-15)4-8-19-9-5-14/h13H,2-11H2,1H3,(H,16,18). The van der Waals surface area contributed by atoms with E-state index < -0.39 is 0 Å². The molecule has 0 aromatic heterocycles. The lowest BCUT2D eigenvalue weighted by Gasteiger charge is -2.42. The van der Waals surface area contributed by atoms with Gasteiger partial charge in [0, 0.05) is 51.1 Å². The number of carbonyl (C=O) groups excluding carboxylic acids is 1. The Morgan fingerprint density at radius 3 is 2.53 bits per heavy atom. The average Bonchev–Trinajstić information content (AvgIpc) is 2.41. The lowest BCUT2D eigenvalue weighted by molar-refractivity contribution is -0.120. The highest BCUT2D eigenvalue weighted by Crippen LogP contribution is 2.34. The second-order valence-electron chi connectivity index (χ2n) is 6.00. The Morgan fingerprint density at radius 1 is 1.37 bits per heavy atom. The molecule has 0 atom stereocenters. The maximum Gasteiger partial charge on any atom is 0.217 e. The molecule has 1 N–H and O–H groups in total. The van der Waals surface area contributed by atoms with Gasteiger partial charge in [0.1, 0.15) is 0 Å². The van der Waals surface area contributed by atoms with Crippen LogP contribution in [0.2, 0.25) is 0 Å². The molecule has 2 aliphatic rings. The van der Waals surface area contributed by atoms with Crippen molar-refractivity contribution in [2.75, 3.05) is 38.2 Å². The number of piperidine rings is 1. The number of carbonyl (C=O) groups is 1. The van der Waals surface area contributed by atoms with Gasteiger partial charge in [-0.15, -0.1) is 0 Å². The molecule has 0 aromatic carbocycles. The topological polar surface area (TPSA) is 41.6 Å². The summed E-state index contributed by atoms with van der Waals surface area (Å²) in [7, 11) is 0. The van der Waals surface area contributed by atoms with Crippen LogP contribution >= 0.6 is 15.9 Å². The normalized spacial score (nSPS) is 25.2.